The van der Waals surface area contributed by atoms with Gasteiger partial charge >= 0.3 is 6.03 Å². The van der Waals surface area contributed by atoms with Gasteiger partial charge in [-0.05, 0) is 62.2 Å². The third-order valence-corrected chi connectivity index (χ3v) is 9.42. The molecule has 10 nitrogen and oxygen atoms in total. The van der Waals surface area contributed by atoms with Gasteiger partial charge in [0.2, 0.25) is 0 Å². The van der Waals surface area contributed by atoms with Crippen LogP contribution in [0.3, 0.4) is 0 Å². The average Bonchev–Trinajstić information content (AvgIpc) is 2.95. The number of aliphatic hydroxyl groups is 1. The number of halogens is 1. The third-order valence-electron chi connectivity index (χ3n) is 7.77. The van der Waals surface area contributed by atoms with Crippen LogP contribution in [0.5, 0.6) is 5.75 Å². The smallest absolute Gasteiger partial charge is 0.317 e. The van der Waals surface area contributed by atoms with Gasteiger partial charge in [-0.2, -0.15) is 0 Å². The van der Waals surface area contributed by atoms with E-state index < -0.39 is 22.2 Å². The van der Waals surface area contributed by atoms with E-state index in [-0.39, 0.29) is 65.5 Å². The molecule has 0 spiro atoms. The molecule has 224 valence electrons. The molecule has 1 saturated carbocycles. The predicted octanol–water partition coefficient (Wildman–Crippen LogP) is 4.34. The van der Waals surface area contributed by atoms with Gasteiger partial charge in [0, 0.05) is 36.3 Å². The zero-order valence-electron chi connectivity index (χ0n) is 23.7. The van der Waals surface area contributed by atoms with Crippen molar-refractivity contribution in [2.45, 2.75) is 69.0 Å². The fourth-order valence-electron chi connectivity index (χ4n) is 5.22. The molecule has 2 aromatic carbocycles. The quantitative estimate of drug-likeness (QED) is 0.410. The molecule has 1 heterocycles. The minimum Gasteiger partial charge on any atom is -0.487 e. The molecule has 2 aromatic rings. The van der Waals surface area contributed by atoms with Crippen molar-refractivity contribution >= 4 is 39.2 Å². The van der Waals surface area contributed by atoms with E-state index in [4.69, 9.17) is 16.3 Å². The number of nitrogens with zero attached hydrogens (tertiary/aromatic N) is 2. The van der Waals surface area contributed by atoms with E-state index in [1.165, 1.54) is 42.8 Å². The lowest BCUT2D eigenvalue weighted by atomic mass is 9.96. The van der Waals surface area contributed by atoms with Crippen LogP contribution in [-0.4, -0.2) is 80.2 Å². The number of benzene rings is 2. The Kier molecular flexibility index (Phi) is 10.0. The lowest BCUT2D eigenvalue weighted by Crippen LogP contribution is -2.52. The Bertz CT molecular complexity index is 1330. The third kappa shape index (κ3) is 7.64. The summed E-state index contributed by atoms with van der Waals surface area (Å²) in [6.07, 6.45) is 4.90. The molecular weight excluding hydrogens is 568 g/mol. The number of urea groups is 1. The molecule has 1 aliphatic heterocycles. The summed E-state index contributed by atoms with van der Waals surface area (Å²) in [6.45, 7) is 4.01. The number of carbonyl (C=O) groups is 2. The van der Waals surface area contributed by atoms with Crippen LogP contribution in [0.2, 0.25) is 5.02 Å². The van der Waals surface area contributed by atoms with Crippen molar-refractivity contribution in [3.8, 4) is 5.75 Å². The molecule has 41 heavy (non-hydrogen) atoms. The molecule has 3 amide bonds. The number of sulfonamides is 1. The Balaban J connectivity index is 1.59. The van der Waals surface area contributed by atoms with Gasteiger partial charge in [-0.25, -0.2) is 13.2 Å². The number of likely N-dealkylation sites (N-methyl/N-ethyl adjacent to an activating group) is 1. The number of anilines is 1. The highest BCUT2D eigenvalue weighted by Crippen LogP contribution is 2.31. The molecule has 4 rings (SSSR count). The van der Waals surface area contributed by atoms with Crippen LogP contribution in [0.25, 0.3) is 0 Å². The number of ether oxygens (including phenoxy) is 1. The molecule has 0 unspecified atom stereocenters. The normalized spacial score (nSPS) is 20.7. The van der Waals surface area contributed by atoms with Crippen LogP contribution in [0.15, 0.2) is 47.4 Å². The van der Waals surface area contributed by atoms with Gasteiger partial charge in [-0.15, -0.1) is 0 Å². The Labute approximate surface area is 247 Å². The van der Waals surface area contributed by atoms with E-state index in [0.717, 1.165) is 25.7 Å². The lowest BCUT2D eigenvalue weighted by molar-refractivity contribution is 0.0366. The van der Waals surface area contributed by atoms with Crippen molar-refractivity contribution in [2.75, 3.05) is 31.5 Å². The van der Waals surface area contributed by atoms with E-state index in [1.807, 2.05) is 6.92 Å². The number of hydrogen-bond donors (Lipinski definition) is 3. The monoisotopic (exact) mass is 606 g/mol. The standard InChI is InChI=1S/C29H39ClN4O6S/c1-19-16-34(20(2)18-35)28(36)25-15-23(32-41(38,39)24-12-9-21(30)10-13-24)11-14-26(25)40-27(19)17-33(3)29(37)31-22-7-5-4-6-8-22/h9-15,19-20,22,27,32,35H,4-8,16-18H2,1-3H3,(H,31,37)/t19-,20-,27-/m0/s1. The van der Waals surface area contributed by atoms with Crippen molar-refractivity contribution in [2.24, 2.45) is 5.92 Å². The van der Waals surface area contributed by atoms with Crippen LogP contribution in [0.4, 0.5) is 10.5 Å². The van der Waals surface area contributed by atoms with Crippen LogP contribution >= 0.6 is 11.6 Å². The summed E-state index contributed by atoms with van der Waals surface area (Å²) < 4.78 is 34.8. The minimum absolute atomic E-state index is 0.0233. The number of rotatable bonds is 8. The van der Waals surface area contributed by atoms with E-state index in [9.17, 15) is 23.1 Å². The second kappa shape index (κ2) is 13.3. The summed E-state index contributed by atoms with van der Waals surface area (Å²) >= 11 is 5.90. The summed E-state index contributed by atoms with van der Waals surface area (Å²) in [6, 6.07) is 9.79. The Hall–Kier alpha value is -3.02. The molecule has 0 bridgehead atoms. The zero-order valence-corrected chi connectivity index (χ0v) is 25.2. The molecule has 0 saturated heterocycles. The van der Waals surface area contributed by atoms with Crippen LogP contribution in [0, 0.1) is 5.92 Å². The number of amides is 3. The first-order chi connectivity index (χ1) is 19.5. The largest absolute Gasteiger partial charge is 0.487 e. The maximum atomic E-state index is 13.7. The first-order valence-corrected chi connectivity index (χ1v) is 15.9. The maximum Gasteiger partial charge on any atom is 0.317 e. The molecule has 0 radical (unpaired) electrons. The lowest BCUT2D eigenvalue weighted by Gasteiger charge is -2.38. The highest BCUT2D eigenvalue weighted by Gasteiger charge is 2.34. The van der Waals surface area contributed by atoms with Crippen molar-refractivity contribution in [1.29, 1.82) is 0 Å². The molecule has 3 atom stereocenters. The van der Waals surface area contributed by atoms with Crippen LogP contribution in [0.1, 0.15) is 56.3 Å². The Morgan fingerprint density at radius 2 is 1.85 bits per heavy atom. The predicted molar refractivity (Wildman–Crippen MR) is 158 cm³/mol. The van der Waals surface area contributed by atoms with Gasteiger partial charge in [0.15, 0.2) is 0 Å². The topological polar surface area (TPSA) is 128 Å². The SMILES string of the molecule is C[C@H]1CN([C@@H](C)CO)C(=O)c2cc(NS(=O)(=O)c3ccc(Cl)cc3)ccc2O[C@H]1CN(C)C(=O)NC1CCCCC1. The highest BCUT2D eigenvalue weighted by molar-refractivity contribution is 7.92. The second-order valence-electron chi connectivity index (χ2n) is 11.1. The van der Waals surface area contributed by atoms with Crippen molar-refractivity contribution in [3.05, 3.63) is 53.1 Å². The minimum atomic E-state index is -3.95. The first-order valence-electron chi connectivity index (χ1n) is 14.0. The van der Waals surface area contributed by atoms with E-state index in [0.29, 0.717) is 5.02 Å². The molecule has 1 aliphatic carbocycles. The van der Waals surface area contributed by atoms with Crippen molar-refractivity contribution < 1.29 is 27.9 Å². The summed E-state index contributed by atoms with van der Waals surface area (Å²) in [7, 11) is -2.22. The van der Waals surface area contributed by atoms with Gasteiger partial charge in [0.05, 0.1) is 29.7 Å². The summed E-state index contributed by atoms with van der Waals surface area (Å²) in [4.78, 5) is 29.8. The van der Waals surface area contributed by atoms with Gasteiger partial charge in [-0.1, -0.05) is 37.8 Å². The second-order valence-corrected chi connectivity index (χ2v) is 13.2. The van der Waals surface area contributed by atoms with E-state index >= 15 is 0 Å². The Morgan fingerprint density at radius 1 is 1.17 bits per heavy atom. The van der Waals surface area contributed by atoms with Gasteiger partial charge < -0.3 is 25.0 Å². The van der Waals surface area contributed by atoms with Gasteiger partial charge in [0.1, 0.15) is 11.9 Å². The number of fused-ring (bicyclic) bond motifs is 1. The van der Waals surface area contributed by atoms with Gasteiger partial charge in [-0.3, -0.25) is 9.52 Å². The number of hydrogen-bond acceptors (Lipinski definition) is 6. The summed E-state index contributed by atoms with van der Waals surface area (Å²) in [5, 5.41) is 13.4. The fraction of sp³-hybridized carbons (Fsp3) is 0.517. The average molecular weight is 607 g/mol. The molecule has 12 heteroatoms. The molecule has 1 fully saturated rings. The molecule has 2 aliphatic rings. The summed E-state index contributed by atoms with van der Waals surface area (Å²) in [5.74, 6) is -0.283. The first kappa shape index (κ1) is 30.9. The number of carbonyl (C=O) groups excluding carboxylic acids is 2. The Morgan fingerprint density at radius 3 is 2.51 bits per heavy atom. The zero-order chi connectivity index (χ0) is 29.7. The van der Waals surface area contributed by atoms with E-state index in [2.05, 4.69) is 10.0 Å². The maximum absolute atomic E-state index is 13.7. The number of nitrogens with one attached hydrogen (secondary N) is 2. The molecular formula is C29H39ClN4O6S. The van der Waals surface area contributed by atoms with Crippen LogP contribution in [-0.2, 0) is 10.0 Å². The van der Waals surface area contributed by atoms with E-state index in [1.54, 1.807) is 29.8 Å². The van der Waals surface area contributed by atoms with Gasteiger partial charge in [0.25, 0.3) is 15.9 Å². The highest BCUT2D eigenvalue weighted by atomic mass is 35.5. The van der Waals surface area contributed by atoms with Crippen molar-refractivity contribution in [1.82, 2.24) is 15.1 Å². The summed E-state index contributed by atoms with van der Waals surface area (Å²) in [5.41, 5.74) is 0.342. The number of aliphatic hydroxyl groups excluding tert-OH is 1. The van der Waals surface area contributed by atoms with Crippen LogP contribution < -0.4 is 14.8 Å². The fourth-order valence-corrected chi connectivity index (χ4v) is 6.39. The molecule has 0 aromatic heterocycles. The van der Waals surface area contributed by atoms with Crippen molar-refractivity contribution in [3.63, 3.8) is 0 Å². The molecule has 3 N–H and O–H groups in total.